The Hall–Kier alpha value is -1.89. The molecule has 1 amide bonds. The molecule has 7 heteroatoms. The summed E-state index contributed by atoms with van der Waals surface area (Å²) in [6, 6.07) is 2.53. The monoisotopic (exact) mass is 253 g/mol. The van der Waals surface area contributed by atoms with Crippen LogP contribution < -0.4 is 5.73 Å². The maximum atomic E-state index is 12.1. The lowest BCUT2D eigenvalue weighted by atomic mass is 9.98. The van der Waals surface area contributed by atoms with Crippen LogP contribution in [0.5, 0.6) is 0 Å². The van der Waals surface area contributed by atoms with E-state index < -0.39 is 10.8 Å². The molecule has 1 unspecified atom stereocenters. The first-order valence-corrected chi connectivity index (χ1v) is 5.85. The van der Waals surface area contributed by atoms with E-state index in [9.17, 15) is 14.9 Å². The standard InChI is InChI=1S/C11H15N3O4/c12-6-8-2-1-5-13(7-8)11(15)9-3-4-10(18-9)14(16)17/h3-4,8H,1-2,5-7,12H2. The highest BCUT2D eigenvalue weighted by molar-refractivity contribution is 5.91. The molecule has 1 aliphatic rings. The average Bonchev–Trinajstić information content (AvgIpc) is 2.87. The van der Waals surface area contributed by atoms with Gasteiger partial charge in [0.1, 0.15) is 4.92 Å². The van der Waals surface area contributed by atoms with Gasteiger partial charge in [0.2, 0.25) is 0 Å². The van der Waals surface area contributed by atoms with Crippen LogP contribution >= 0.6 is 0 Å². The molecule has 1 aromatic heterocycles. The third-order valence-corrected chi connectivity index (χ3v) is 3.12. The first-order valence-electron chi connectivity index (χ1n) is 5.85. The topological polar surface area (TPSA) is 103 Å². The van der Waals surface area contributed by atoms with Gasteiger partial charge in [-0.15, -0.1) is 0 Å². The number of carbonyl (C=O) groups is 1. The number of nitrogens with two attached hydrogens (primary N) is 1. The Morgan fingerprint density at radius 2 is 2.39 bits per heavy atom. The molecule has 0 saturated carbocycles. The van der Waals surface area contributed by atoms with E-state index in [4.69, 9.17) is 10.2 Å². The van der Waals surface area contributed by atoms with Gasteiger partial charge in [-0.05, 0) is 31.4 Å². The molecule has 2 rings (SSSR count). The lowest BCUT2D eigenvalue weighted by molar-refractivity contribution is -0.402. The minimum Gasteiger partial charge on any atom is -0.395 e. The maximum absolute atomic E-state index is 12.1. The summed E-state index contributed by atoms with van der Waals surface area (Å²) in [6.07, 6.45) is 1.91. The third-order valence-electron chi connectivity index (χ3n) is 3.12. The SMILES string of the molecule is NCC1CCCN(C(=O)c2ccc([N+](=O)[O-])o2)C1. The normalized spacial score (nSPS) is 19.8. The van der Waals surface area contributed by atoms with Crippen molar-refractivity contribution in [2.24, 2.45) is 11.7 Å². The fourth-order valence-electron chi connectivity index (χ4n) is 2.14. The lowest BCUT2D eigenvalue weighted by Crippen LogP contribution is -2.41. The predicted molar refractivity (Wildman–Crippen MR) is 63.0 cm³/mol. The number of hydrogen-bond donors (Lipinski definition) is 1. The van der Waals surface area contributed by atoms with Gasteiger partial charge in [-0.25, -0.2) is 0 Å². The Bertz CT molecular complexity index is 457. The molecule has 0 aliphatic carbocycles. The molecule has 0 spiro atoms. The molecule has 1 saturated heterocycles. The largest absolute Gasteiger partial charge is 0.433 e. The van der Waals surface area contributed by atoms with Crippen molar-refractivity contribution in [1.82, 2.24) is 4.90 Å². The van der Waals surface area contributed by atoms with E-state index in [0.717, 1.165) is 12.8 Å². The molecule has 98 valence electrons. The average molecular weight is 253 g/mol. The van der Waals surface area contributed by atoms with Crippen LogP contribution in [0.15, 0.2) is 16.5 Å². The van der Waals surface area contributed by atoms with Crippen LogP contribution in [0.25, 0.3) is 0 Å². The minimum absolute atomic E-state index is 0.0133. The molecule has 0 aromatic carbocycles. The molecule has 0 radical (unpaired) electrons. The van der Waals surface area contributed by atoms with Crippen LogP contribution in [0.2, 0.25) is 0 Å². The van der Waals surface area contributed by atoms with Gasteiger partial charge in [0.15, 0.2) is 5.76 Å². The second-order valence-corrected chi connectivity index (χ2v) is 4.39. The van der Waals surface area contributed by atoms with Gasteiger partial charge in [0, 0.05) is 13.1 Å². The highest BCUT2D eigenvalue weighted by Crippen LogP contribution is 2.21. The summed E-state index contributed by atoms with van der Waals surface area (Å²) in [4.78, 5) is 23.5. The van der Waals surface area contributed by atoms with Gasteiger partial charge in [0.25, 0.3) is 5.91 Å². The van der Waals surface area contributed by atoms with Gasteiger partial charge in [-0.2, -0.15) is 0 Å². The highest BCUT2D eigenvalue weighted by Gasteiger charge is 2.26. The number of nitro groups is 1. The summed E-state index contributed by atoms with van der Waals surface area (Å²) in [6.45, 7) is 1.77. The Balaban J connectivity index is 2.07. The van der Waals surface area contributed by atoms with Gasteiger partial charge < -0.3 is 15.1 Å². The number of carbonyl (C=O) groups excluding carboxylic acids is 1. The van der Waals surface area contributed by atoms with E-state index in [0.29, 0.717) is 25.6 Å². The smallest absolute Gasteiger partial charge is 0.395 e. The molecule has 2 N–H and O–H groups in total. The quantitative estimate of drug-likeness (QED) is 0.639. The van der Waals surface area contributed by atoms with E-state index in [1.165, 1.54) is 12.1 Å². The van der Waals surface area contributed by atoms with Crippen LogP contribution in [-0.2, 0) is 0 Å². The fraction of sp³-hybridized carbons (Fsp3) is 0.545. The fourth-order valence-corrected chi connectivity index (χ4v) is 2.14. The Labute approximate surface area is 104 Å². The van der Waals surface area contributed by atoms with Crippen molar-refractivity contribution in [1.29, 1.82) is 0 Å². The highest BCUT2D eigenvalue weighted by atomic mass is 16.6. The Morgan fingerprint density at radius 3 is 3.00 bits per heavy atom. The number of nitrogens with zero attached hydrogens (tertiary/aromatic N) is 2. The number of hydrogen-bond acceptors (Lipinski definition) is 5. The Kier molecular flexibility index (Phi) is 3.61. The van der Waals surface area contributed by atoms with E-state index in [-0.39, 0.29) is 11.7 Å². The first kappa shape index (κ1) is 12.6. The van der Waals surface area contributed by atoms with Gasteiger partial charge in [-0.1, -0.05) is 0 Å². The summed E-state index contributed by atoms with van der Waals surface area (Å²) in [5, 5.41) is 10.5. The summed E-state index contributed by atoms with van der Waals surface area (Å²) < 4.78 is 4.91. The van der Waals surface area contributed by atoms with E-state index >= 15 is 0 Å². The van der Waals surface area contributed by atoms with Crippen molar-refractivity contribution in [2.75, 3.05) is 19.6 Å². The maximum Gasteiger partial charge on any atom is 0.433 e. The number of rotatable bonds is 3. The number of amides is 1. The molecular weight excluding hydrogens is 238 g/mol. The molecule has 0 bridgehead atoms. The third kappa shape index (κ3) is 2.51. The number of furan rings is 1. The van der Waals surface area contributed by atoms with Crippen molar-refractivity contribution >= 4 is 11.8 Å². The van der Waals surface area contributed by atoms with Crippen LogP contribution in [0, 0.1) is 16.0 Å². The number of piperidine rings is 1. The Morgan fingerprint density at radius 1 is 1.61 bits per heavy atom. The summed E-state index contributed by atoms with van der Waals surface area (Å²) in [5.41, 5.74) is 5.60. The second-order valence-electron chi connectivity index (χ2n) is 4.39. The second kappa shape index (κ2) is 5.18. The molecule has 1 aliphatic heterocycles. The van der Waals surface area contributed by atoms with Crippen molar-refractivity contribution in [2.45, 2.75) is 12.8 Å². The predicted octanol–water partition coefficient (Wildman–Crippen LogP) is 0.999. The van der Waals surface area contributed by atoms with Crippen LogP contribution in [-0.4, -0.2) is 35.4 Å². The summed E-state index contributed by atoms with van der Waals surface area (Å²) >= 11 is 0. The number of likely N-dealkylation sites (tertiary alicyclic amines) is 1. The molecular formula is C11H15N3O4. The van der Waals surface area contributed by atoms with E-state index in [1.807, 2.05) is 0 Å². The summed E-state index contributed by atoms with van der Waals surface area (Å²) in [5.74, 6) is -0.404. The van der Waals surface area contributed by atoms with Gasteiger partial charge >= 0.3 is 5.88 Å². The first-order chi connectivity index (χ1) is 8.61. The van der Waals surface area contributed by atoms with Gasteiger partial charge in [-0.3, -0.25) is 14.9 Å². The molecule has 1 atom stereocenters. The molecule has 2 heterocycles. The van der Waals surface area contributed by atoms with E-state index in [1.54, 1.807) is 4.90 Å². The van der Waals surface area contributed by atoms with Gasteiger partial charge in [0.05, 0.1) is 6.07 Å². The zero-order chi connectivity index (χ0) is 13.1. The van der Waals surface area contributed by atoms with Crippen molar-refractivity contribution in [3.05, 3.63) is 28.0 Å². The van der Waals surface area contributed by atoms with Crippen LogP contribution in [0.1, 0.15) is 23.4 Å². The van der Waals surface area contributed by atoms with Crippen molar-refractivity contribution in [3.8, 4) is 0 Å². The molecule has 1 aromatic rings. The van der Waals surface area contributed by atoms with Crippen molar-refractivity contribution < 1.29 is 14.1 Å². The lowest BCUT2D eigenvalue weighted by Gasteiger charge is -2.31. The molecule has 18 heavy (non-hydrogen) atoms. The van der Waals surface area contributed by atoms with E-state index in [2.05, 4.69) is 0 Å². The minimum atomic E-state index is -0.657. The van der Waals surface area contributed by atoms with Crippen LogP contribution in [0.4, 0.5) is 5.88 Å². The zero-order valence-electron chi connectivity index (χ0n) is 9.87. The van der Waals surface area contributed by atoms with Crippen LogP contribution in [0.3, 0.4) is 0 Å². The van der Waals surface area contributed by atoms with Crippen molar-refractivity contribution in [3.63, 3.8) is 0 Å². The summed E-state index contributed by atoms with van der Waals surface area (Å²) in [7, 11) is 0. The zero-order valence-corrected chi connectivity index (χ0v) is 9.87. The molecule has 7 nitrogen and oxygen atoms in total. The molecule has 1 fully saturated rings.